The Hall–Kier alpha value is -3.04. The summed E-state index contributed by atoms with van der Waals surface area (Å²) < 4.78 is 63.7. The minimum absolute atomic E-state index is 0.00139. The summed E-state index contributed by atoms with van der Waals surface area (Å²) in [4.78, 5) is 11.9. The number of methoxy groups -OCH3 is 1. The smallest absolute Gasteiger partial charge is 0.419 e. The molecule has 36 heavy (non-hydrogen) atoms. The van der Waals surface area contributed by atoms with Crippen molar-refractivity contribution in [3.8, 4) is 5.75 Å². The second-order valence-electron chi connectivity index (χ2n) is 9.06. The van der Waals surface area contributed by atoms with Crippen LogP contribution in [0.25, 0.3) is 0 Å². The van der Waals surface area contributed by atoms with Gasteiger partial charge in [-0.15, -0.1) is 0 Å². The Morgan fingerprint density at radius 2 is 1.75 bits per heavy atom. The number of hydrogen-bond acceptors (Lipinski definition) is 5. The minimum Gasteiger partial charge on any atom is -0.488 e. The molecular weight excluding hydrogens is 475 g/mol. The zero-order valence-electron chi connectivity index (χ0n) is 21.3. The van der Waals surface area contributed by atoms with Crippen molar-refractivity contribution in [2.75, 3.05) is 20.4 Å². The van der Waals surface area contributed by atoms with E-state index < -0.39 is 29.0 Å². The quantitative estimate of drug-likeness (QED) is 0.273. The number of nitrogens with one attached hydrogen (secondary N) is 1. The normalized spacial score (nSPS) is 13.9. The molecule has 0 aliphatic carbocycles. The molecule has 0 bridgehead atoms. The second kappa shape index (κ2) is 12.8. The van der Waals surface area contributed by atoms with E-state index in [1.807, 2.05) is 6.07 Å². The Labute approximate surface area is 210 Å². The van der Waals surface area contributed by atoms with E-state index >= 15 is 0 Å². The van der Waals surface area contributed by atoms with Gasteiger partial charge in [-0.2, -0.15) is 13.2 Å². The van der Waals surface area contributed by atoms with Crippen molar-refractivity contribution >= 4 is 6.09 Å². The van der Waals surface area contributed by atoms with Gasteiger partial charge in [0.25, 0.3) is 0 Å². The van der Waals surface area contributed by atoms with E-state index in [0.717, 1.165) is 11.6 Å². The highest BCUT2D eigenvalue weighted by molar-refractivity contribution is 5.67. The van der Waals surface area contributed by atoms with Crippen LogP contribution in [0.4, 0.5) is 18.0 Å². The highest BCUT2D eigenvalue weighted by atomic mass is 19.4. The van der Waals surface area contributed by atoms with Crippen molar-refractivity contribution in [2.45, 2.75) is 58.1 Å². The molecule has 0 fully saturated rings. The lowest BCUT2D eigenvalue weighted by Crippen LogP contribution is -2.33. The number of ether oxygens (including phenoxy) is 4. The van der Waals surface area contributed by atoms with Gasteiger partial charge in [0.05, 0.1) is 5.56 Å². The largest absolute Gasteiger partial charge is 0.488 e. The number of alkyl carbamates (subject to hydrolysis) is 1. The summed E-state index contributed by atoms with van der Waals surface area (Å²) in [5.41, 5.74) is -1.77. The van der Waals surface area contributed by atoms with Gasteiger partial charge in [-0.1, -0.05) is 55.5 Å². The third-order valence-electron chi connectivity index (χ3n) is 5.12. The van der Waals surface area contributed by atoms with Crippen molar-refractivity contribution in [1.29, 1.82) is 0 Å². The van der Waals surface area contributed by atoms with E-state index in [0.29, 0.717) is 6.42 Å². The van der Waals surface area contributed by atoms with Crippen LogP contribution in [0, 0.1) is 0 Å². The van der Waals surface area contributed by atoms with E-state index in [9.17, 15) is 18.0 Å². The van der Waals surface area contributed by atoms with Crippen LogP contribution < -0.4 is 10.1 Å². The molecule has 1 atom stereocenters. The number of amides is 1. The first-order valence-electron chi connectivity index (χ1n) is 11.6. The summed E-state index contributed by atoms with van der Waals surface area (Å²) in [6.45, 7) is 6.97. The fourth-order valence-electron chi connectivity index (χ4n) is 3.40. The molecule has 0 aromatic heterocycles. The van der Waals surface area contributed by atoms with Crippen molar-refractivity contribution in [3.63, 3.8) is 0 Å². The molecule has 0 heterocycles. The third kappa shape index (κ3) is 8.87. The second-order valence-corrected chi connectivity index (χ2v) is 9.06. The van der Waals surface area contributed by atoms with Crippen LogP contribution in [-0.4, -0.2) is 32.1 Å². The highest BCUT2D eigenvalue weighted by Gasteiger charge is 2.38. The van der Waals surface area contributed by atoms with E-state index in [1.165, 1.54) is 13.2 Å². The Morgan fingerprint density at radius 1 is 1.06 bits per heavy atom. The van der Waals surface area contributed by atoms with E-state index in [2.05, 4.69) is 5.32 Å². The average Bonchev–Trinajstić information content (AvgIpc) is 2.81. The van der Waals surface area contributed by atoms with Gasteiger partial charge in [0, 0.05) is 13.7 Å². The first-order valence-corrected chi connectivity index (χ1v) is 11.6. The standard InChI is InChI=1S/C27H34F3NO5/c1-6-26(35-19-33-5,15-10-16-31-24(32)36-25(2,3)4)21-13-14-23(22(17-21)27(28,29)30)34-18-20-11-8-7-9-12-20/h7-15,17H,6,16,18-19H2,1-5H3,(H,31,32). The van der Waals surface area contributed by atoms with Gasteiger partial charge < -0.3 is 24.3 Å². The Bertz CT molecular complexity index is 1000. The summed E-state index contributed by atoms with van der Waals surface area (Å²) >= 11 is 0. The van der Waals surface area contributed by atoms with Crippen molar-refractivity contribution in [2.24, 2.45) is 0 Å². The molecule has 9 heteroatoms. The van der Waals surface area contributed by atoms with E-state index in [4.69, 9.17) is 18.9 Å². The summed E-state index contributed by atoms with van der Waals surface area (Å²) in [5, 5.41) is 2.59. The van der Waals surface area contributed by atoms with Crippen LogP contribution in [0.15, 0.2) is 60.7 Å². The Kier molecular flexibility index (Phi) is 10.4. The number of halogens is 3. The van der Waals surface area contributed by atoms with Gasteiger partial charge in [0.1, 0.15) is 30.4 Å². The lowest BCUT2D eigenvalue weighted by atomic mass is 9.88. The predicted octanol–water partition coefficient (Wildman–Crippen LogP) is 6.59. The molecule has 0 radical (unpaired) electrons. The monoisotopic (exact) mass is 509 g/mol. The molecule has 2 aromatic carbocycles. The number of carbonyl (C=O) groups excluding carboxylic acids is 1. The maximum atomic E-state index is 14.0. The van der Waals surface area contributed by atoms with Crippen LogP contribution in [0.1, 0.15) is 50.8 Å². The minimum atomic E-state index is -4.65. The van der Waals surface area contributed by atoms with Crippen LogP contribution in [0.3, 0.4) is 0 Å². The Balaban J connectivity index is 2.32. The number of rotatable bonds is 11. The van der Waals surface area contributed by atoms with Crippen molar-refractivity contribution < 1.29 is 36.9 Å². The molecule has 0 aliphatic heterocycles. The molecule has 6 nitrogen and oxygen atoms in total. The number of alkyl halides is 3. The zero-order chi connectivity index (χ0) is 26.8. The van der Waals surface area contributed by atoms with Gasteiger partial charge in [-0.05, 0) is 50.5 Å². The van der Waals surface area contributed by atoms with Crippen LogP contribution in [-0.2, 0) is 32.6 Å². The van der Waals surface area contributed by atoms with Crippen LogP contribution in [0.5, 0.6) is 5.75 Å². The fraction of sp³-hybridized carbons (Fsp3) is 0.444. The molecule has 2 rings (SSSR count). The number of benzene rings is 2. The molecular formula is C27H34F3NO5. The molecule has 2 aromatic rings. The lowest BCUT2D eigenvalue weighted by molar-refractivity contribution is -0.139. The number of carbonyl (C=O) groups is 1. The summed E-state index contributed by atoms with van der Waals surface area (Å²) in [6.07, 6.45) is -1.73. The molecule has 0 aliphatic rings. The van der Waals surface area contributed by atoms with Crippen molar-refractivity contribution in [1.82, 2.24) is 5.32 Å². The van der Waals surface area contributed by atoms with Gasteiger partial charge >= 0.3 is 12.3 Å². The van der Waals surface area contributed by atoms with Gasteiger partial charge in [-0.25, -0.2) is 4.79 Å². The summed E-state index contributed by atoms with van der Waals surface area (Å²) in [6, 6.07) is 12.8. The maximum absolute atomic E-state index is 14.0. The SMILES string of the molecule is CCC(C=CCNC(=O)OC(C)(C)C)(OCOC)c1ccc(OCc2ccccc2)c(C(F)(F)F)c1. The van der Waals surface area contributed by atoms with E-state index in [1.54, 1.807) is 70.2 Å². The third-order valence-corrected chi connectivity index (χ3v) is 5.12. The summed E-state index contributed by atoms with van der Waals surface area (Å²) in [7, 11) is 1.43. The highest BCUT2D eigenvalue weighted by Crippen LogP contribution is 2.41. The maximum Gasteiger partial charge on any atom is 0.419 e. The molecule has 1 unspecified atom stereocenters. The zero-order valence-corrected chi connectivity index (χ0v) is 21.3. The molecule has 0 spiro atoms. The molecule has 0 saturated carbocycles. The lowest BCUT2D eigenvalue weighted by Gasteiger charge is -2.31. The Morgan fingerprint density at radius 3 is 2.33 bits per heavy atom. The summed E-state index contributed by atoms with van der Waals surface area (Å²) in [5.74, 6) is -0.276. The average molecular weight is 510 g/mol. The van der Waals surface area contributed by atoms with Crippen LogP contribution in [0.2, 0.25) is 0 Å². The van der Waals surface area contributed by atoms with Crippen molar-refractivity contribution in [3.05, 3.63) is 77.4 Å². The van der Waals surface area contributed by atoms with Gasteiger partial charge in [0.2, 0.25) is 0 Å². The fourth-order valence-corrected chi connectivity index (χ4v) is 3.40. The van der Waals surface area contributed by atoms with Gasteiger partial charge in [-0.3, -0.25) is 0 Å². The molecule has 1 N–H and O–H groups in total. The van der Waals surface area contributed by atoms with Gasteiger partial charge in [0.15, 0.2) is 0 Å². The molecule has 198 valence electrons. The molecule has 0 saturated heterocycles. The van der Waals surface area contributed by atoms with Crippen LogP contribution >= 0.6 is 0 Å². The number of hydrogen-bond donors (Lipinski definition) is 1. The first-order chi connectivity index (χ1) is 16.9. The predicted molar refractivity (Wildman–Crippen MR) is 131 cm³/mol. The first kappa shape index (κ1) is 29.2. The molecule has 1 amide bonds. The van der Waals surface area contributed by atoms with E-state index in [-0.39, 0.29) is 31.3 Å². The topological polar surface area (TPSA) is 66.0 Å².